The number of thioether (sulfide) groups is 1. The van der Waals surface area contributed by atoms with Gasteiger partial charge in [-0.1, -0.05) is 24.3 Å². The fourth-order valence-corrected chi connectivity index (χ4v) is 2.76. The van der Waals surface area contributed by atoms with E-state index in [0.717, 1.165) is 21.7 Å². The minimum absolute atomic E-state index is 0.290. The van der Waals surface area contributed by atoms with E-state index in [-0.39, 0.29) is 5.82 Å². The Bertz CT molecular complexity index is 746. The average molecular weight is 300 g/mol. The van der Waals surface area contributed by atoms with Crippen LogP contribution in [0.25, 0.3) is 10.9 Å². The first-order chi connectivity index (χ1) is 10.3. The number of benzene rings is 2. The number of fused-ring (bicyclic) bond motifs is 1. The Morgan fingerprint density at radius 3 is 2.86 bits per heavy atom. The maximum Gasteiger partial charge on any atom is 0.126 e. The van der Waals surface area contributed by atoms with Crippen molar-refractivity contribution in [3.8, 4) is 5.75 Å². The van der Waals surface area contributed by atoms with Gasteiger partial charge in [-0.05, 0) is 18.2 Å². The number of nitrogens with zero attached hydrogens (tertiary/aromatic N) is 2. The van der Waals surface area contributed by atoms with Crippen molar-refractivity contribution in [2.45, 2.75) is 5.03 Å². The number of ether oxygens (including phenoxy) is 1. The highest BCUT2D eigenvalue weighted by Gasteiger charge is 2.03. The van der Waals surface area contributed by atoms with E-state index in [1.165, 1.54) is 12.1 Å². The van der Waals surface area contributed by atoms with Crippen molar-refractivity contribution in [1.29, 1.82) is 0 Å². The molecule has 3 nitrogen and oxygen atoms in total. The van der Waals surface area contributed by atoms with Crippen molar-refractivity contribution >= 4 is 22.7 Å². The molecule has 0 aliphatic rings. The van der Waals surface area contributed by atoms with Crippen molar-refractivity contribution in [3.05, 3.63) is 60.7 Å². The zero-order valence-corrected chi connectivity index (χ0v) is 12.0. The average Bonchev–Trinajstić information content (AvgIpc) is 2.52. The minimum Gasteiger partial charge on any atom is -0.493 e. The van der Waals surface area contributed by atoms with Crippen molar-refractivity contribution in [3.63, 3.8) is 0 Å². The van der Waals surface area contributed by atoms with Crippen LogP contribution < -0.4 is 4.74 Å². The summed E-state index contributed by atoms with van der Waals surface area (Å²) >= 11 is 1.60. The Morgan fingerprint density at radius 2 is 1.95 bits per heavy atom. The minimum atomic E-state index is -0.290. The molecule has 0 atom stereocenters. The molecule has 3 rings (SSSR count). The first kappa shape index (κ1) is 13.8. The number of para-hydroxylation sites is 1. The zero-order valence-electron chi connectivity index (χ0n) is 11.2. The summed E-state index contributed by atoms with van der Waals surface area (Å²) in [6.45, 7) is 0.493. The molecule has 0 saturated carbocycles. The van der Waals surface area contributed by atoms with Crippen LogP contribution in [0.5, 0.6) is 5.75 Å². The summed E-state index contributed by atoms with van der Waals surface area (Å²) in [5.41, 5.74) is 0.932. The van der Waals surface area contributed by atoms with E-state index in [4.69, 9.17) is 4.74 Å². The third-order valence-corrected chi connectivity index (χ3v) is 3.86. The van der Waals surface area contributed by atoms with Crippen LogP contribution in [0.4, 0.5) is 4.39 Å². The molecular weight excluding hydrogens is 287 g/mol. The van der Waals surface area contributed by atoms with E-state index in [2.05, 4.69) is 9.97 Å². The summed E-state index contributed by atoms with van der Waals surface area (Å²) in [6, 6.07) is 14.0. The molecule has 0 fully saturated rings. The predicted molar refractivity (Wildman–Crippen MR) is 82.2 cm³/mol. The standard InChI is InChI=1S/C16H13FN2OS/c17-12-4-3-5-13(10-12)20-8-9-21-16-14-6-1-2-7-15(14)18-11-19-16/h1-7,10-11H,8-9H2. The summed E-state index contributed by atoms with van der Waals surface area (Å²) in [6.07, 6.45) is 1.57. The Labute approximate surface area is 126 Å². The van der Waals surface area contributed by atoms with Crippen molar-refractivity contribution in [1.82, 2.24) is 9.97 Å². The van der Waals surface area contributed by atoms with Gasteiger partial charge in [-0.25, -0.2) is 14.4 Å². The van der Waals surface area contributed by atoms with E-state index in [1.807, 2.05) is 24.3 Å². The van der Waals surface area contributed by atoms with Crippen LogP contribution in [-0.4, -0.2) is 22.3 Å². The molecule has 21 heavy (non-hydrogen) atoms. The number of aromatic nitrogens is 2. The SMILES string of the molecule is Fc1cccc(OCCSc2ncnc3ccccc23)c1. The molecule has 0 aliphatic heterocycles. The molecule has 0 spiro atoms. The Balaban J connectivity index is 1.60. The maximum absolute atomic E-state index is 13.0. The Hall–Kier alpha value is -2.14. The van der Waals surface area contributed by atoms with E-state index in [1.54, 1.807) is 30.2 Å². The lowest BCUT2D eigenvalue weighted by Gasteiger charge is -2.07. The molecule has 0 saturated heterocycles. The van der Waals surface area contributed by atoms with Crippen LogP contribution in [0.15, 0.2) is 59.9 Å². The van der Waals surface area contributed by atoms with Crippen LogP contribution in [0, 0.1) is 5.82 Å². The molecule has 1 aromatic heterocycles. The number of halogens is 1. The van der Waals surface area contributed by atoms with E-state index in [0.29, 0.717) is 12.4 Å². The van der Waals surface area contributed by atoms with Gasteiger partial charge >= 0.3 is 0 Å². The molecule has 2 aromatic carbocycles. The van der Waals surface area contributed by atoms with Crippen LogP contribution >= 0.6 is 11.8 Å². The first-order valence-electron chi connectivity index (χ1n) is 6.54. The number of rotatable bonds is 5. The largest absolute Gasteiger partial charge is 0.493 e. The fourth-order valence-electron chi connectivity index (χ4n) is 1.95. The molecule has 1 heterocycles. The van der Waals surface area contributed by atoms with Gasteiger partial charge in [0.15, 0.2) is 0 Å². The molecule has 0 bridgehead atoms. The van der Waals surface area contributed by atoms with Crippen LogP contribution in [0.3, 0.4) is 0 Å². The second-order valence-corrected chi connectivity index (χ2v) is 5.43. The van der Waals surface area contributed by atoms with Gasteiger partial charge in [-0.3, -0.25) is 0 Å². The lowest BCUT2D eigenvalue weighted by Crippen LogP contribution is -2.00. The van der Waals surface area contributed by atoms with Gasteiger partial charge in [-0.15, -0.1) is 11.8 Å². The Morgan fingerprint density at radius 1 is 1.05 bits per heavy atom. The van der Waals surface area contributed by atoms with Crippen LogP contribution in [-0.2, 0) is 0 Å². The van der Waals surface area contributed by atoms with Crippen LogP contribution in [0.1, 0.15) is 0 Å². The van der Waals surface area contributed by atoms with Gasteiger partial charge < -0.3 is 4.74 Å². The molecule has 0 amide bonds. The van der Waals surface area contributed by atoms with Gasteiger partial charge in [0.2, 0.25) is 0 Å². The summed E-state index contributed by atoms with van der Waals surface area (Å²) in [5.74, 6) is 0.988. The van der Waals surface area contributed by atoms with E-state index >= 15 is 0 Å². The van der Waals surface area contributed by atoms with E-state index in [9.17, 15) is 4.39 Å². The molecular formula is C16H13FN2OS. The van der Waals surface area contributed by atoms with Crippen molar-refractivity contribution < 1.29 is 9.13 Å². The molecule has 5 heteroatoms. The third-order valence-electron chi connectivity index (χ3n) is 2.89. The Kier molecular flexibility index (Phi) is 4.31. The molecule has 0 radical (unpaired) electrons. The van der Waals surface area contributed by atoms with Crippen molar-refractivity contribution in [2.24, 2.45) is 0 Å². The van der Waals surface area contributed by atoms with Gasteiger partial charge in [0.25, 0.3) is 0 Å². The summed E-state index contributed by atoms with van der Waals surface area (Å²) in [4.78, 5) is 8.53. The van der Waals surface area contributed by atoms with Gasteiger partial charge in [0, 0.05) is 17.2 Å². The fraction of sp³-hybridized carbons (Fsp3) is 0.125. The van der Waals surface area contributed by atoms with Gasteiger partial charge in [0.1, 0.15) is 22.9 Å². The van der Waals surface area contributed by atoms with Crippen molar-refractivity contribution in [2.75, 3.05) is 12.4 Å². The summed E-state index contributed by atoms with van der Waals surface area (Å²) < 4.78 is 18.5. The number of hydrogen-bond acceptors (Lipinski definition) is 4. The highest BCUT2D eigenvalue weighted by molar-refractivity contribution is 7.99. The topological polar surface area (TPSA) is 35.0 Å². The molecule has 0 aliphatic carbocycles. The molecule has 3 aromatic rings. The quantitative estimate of drug-likeness (QED) is 0.406. The second-order valence-electron chi connectivity index (χ2n) is 4.35. The predicted octanol–water partition coefficient (Wildman–Crippen LogP) is 3.94. The smallest absolute Gasteiger partial charge is 0.126 e. The third kappa shape index (κ3) is 3.49. The highest BCUT2D eigenvalue weighted by atomic mass is 32.2. The highest BCUT2D eigenvalue weighted by Crippen LogP contribution is 2.24. The molecule has 106 valence electrons. The monoisotopic (exact) mass is 300 g/mol. The van der Waals surface area contributed by atoms with Crippen LogP contribution in [0.2, 0.25) is 0 Å². The van der Waals surface area contributed by atoms with Gasteiger partial charge in [-0.2, -0.15) is 0 Å². The van der Waals surface area contributed by atoms with E-state index < -0.39 is 0 Å². The summed E-state index contributed by atoms with van der Waals surface area (Å²) in [7, 11) is 0. The lowest BCUT2D eigenvalue weighted by atomic mass is 10.2. The number of hydrogen-bond donors (Lipinski definition) is 0. The maximum atomic E-state index is 13.0. The second kappa shape index (κ2) is 6.54. The first-order valence-corrected chi connectivity index (χ1v) is 7.52. The summed E-state index contributed by atoms with van der Waals surface area (Å²) in [5, 5.41) is 1.97. The normalized spacial score (nSPS) is 10.7. The molecule has 0 N–H and O–H groups in total. The lowest BCUT2D eigenvalue weighted by molar-refractivity contribution is 0.342. The zero-order chi connectivity index (χ0) is 14.5. The van der Waals surface area contributed by atoms with Gasteiger partial charge in [0.05, 0.1) is 12.1 Å². The molecule has 0 unspecified atom stereocenters.